The van der Waals surface area contributed by atoms with Crippen molar-refractivity contribution in [3.63, 3.8) is 0 Å². The molecule has 0 aliphatic heterocycles. The molecule has 0 bridgehead atoms. The van der Waals surface area contributed by atoms with Crippen LogP contribution in [0.3, 0.4) is 0 Å². The van der Waals surface area contributed by atoms with E-state index in [0.29, 0.717) is 32.7 Å². The summed E-state index contributed by atoms with van der Waals surface area (Å²) in [7, 11) is 3.16. The lowest BCUT2D eigenvalue weighted by Gasteiger charge is -2.05. The van der Waals surface area contributed by atoms with Crippen LogP contribution in [0.15, 0.2) is 0 Å². The van der Waals surface area contributed by atoms with E-state index in [2.05, 4.69) is 10.6 Å². The predicted molar refractivity (Wildman–Crippen MR) is 61.4 cm³/mol. The van der Waals surface area contributed by atoms with Crippen LogP contribution in [0.5, 0.6) is 0 Å². The average molecular weight is 244 g/mol. The van der Waals surface area contributed by atoms with E-state index in [-0.39, 0.29) is 23.7 Å². The van der Waals surface area contributed by atoms with E-state index in [1.54, 1.807) is 14.2 Å². The van der Waals surface area contributed by atoms with E-state index >= 15 is 0 Å². The first-order valence-electron chi connectivity index (χ1n) is 5.74. The molecule has 1 rings (SSSR count). The highest BCUT2D eigenvalue weighted by Crippen LogP contribution is 2.38. The minimum absolute atomic E-state index is 0.0612. The second-order valence-corrected chi connectivity index (χ2v) is 4.02. The van der Waals surface area contributed by atoms with Gasteiger partial charge in [-0.25, -0.2) is 0 Å². The van der Waals surface area contributed by atoms with Crippen molar-refractivity contribution in [2.45, 2.75) is 6.42 Å². The lowest BCUT2D eigenvalue weighted by atomic mass is 10.3. The molecular weight excluding hydrogens is 224 g/mol. The summed E-state index contributed by atoms with van der Waals surface area (Å²) < 4.78 is 9.65. The van der Waals surface area contributed by atoms with E-state index in [1.807, 2.05) is 0 Å². The molecule has 2 atom stereocenters. The maximum Gasteiger partial charge on any atom is 0.224 e. The highest BCUT2D eigenvalue weighted by Gasteiger charge is 2.47. The van der Waals surface area contributed by atoms with Gasteiger partial charge in [0.1, 0.15) is 0 Å². The maximum atomic E-state index is 11.6. The molecule has 1 fully saturated rings. The van der Waals surface area contributed by atoms with Crippen molar-refractivity contribution >= 4 is 11.8 Å². The Hall–Kier alpha value is -1.14. The summed E-state index contributed by atoms with van der Waals surface area (Å²) in [5.74, 6) is -0.466. The largest absolute Gasteiger partial charge is 0.383 e. The minimum Gasteiger partial charge on any atom is -0.383 e. The fraction of sp³-hybridized carbons (Fsp3) is 0.818. The van der Waals surface area contributed by atoms with Gasteiger partial charge in [0.25, 0.3) is 0 Å². The number of hydrogen-bond acceptors (Lipinski definition) is 4. The van der Waals surface area contributed by atoms with Crippen molar-refractivity contribution in [3.8, 4) is 0 Å². The zero-order valence-corrected chi connectivity index (χ0v) is 10.3. The van der Waals surface area contributed by atoms with Gasteiger partial charge in [-0.2, -0.15) is 0 Å². The lowest BCUT2D eigenvalue weighted by molar-refractivity contribution is -0.127. The normalized spacial score (nSPS) is 22.0. The van der Waals surface area contributed by atoms with Gasteiger partial charge in [-0.1, -0.05) is 0 Å². The van der Waals surface area contributed by atoms with Gasteiger partial charge in [0, 0.05) is 27.3 Å². The Kier molecular flexibility index (Phi) is 5.93. The Bertz CT molecular complexity index is 244. The van der Waals surface area contributed by atoms with Crippen LogP contribution in [-0.4, -0.2) is 52.3 Å². The topological polar surface area (TPSA) is 76.7 Å². The van der Waals surface area contributed by atoms with Gasteiger partial charge in [0.05, 0.1) is 25.0 Å². The first kappa shape index (κ1) is 13.9. The minimum atomic E-state index is -0.172. The van der Waals surface area contributed by atoms with Gasteiger partial charge in [-0.3, -0.25) is 9.59 Å². The zero-order chi connectivity index (χ0) is 12.7. The van der Waals surface area contributed by atoms with Crippen LogP contribution in [0, 0.1) is 11.8 Å². The van der Waals surface area contributed by atoms with Crippen LogP contribution in [0.25, 0.3) is 0 Å². The van der Waals surface area contributed by atoms with Crippen molar-refractivity contribution < 1.29 is 19.1 Å². The number of amides is 2. The SMILES string of the molecule is COCCNC(=O)C1CC1C(=O)NCCOC. The highest BCUT2D eigenvalue weighted by molar-refractivity contribution is 5.92. The summed E-state index contributed by atoms with van der Waals surface area (Å²) >= 11 is 0. The van der Waals surface area contributed by atoms with E-state index in [9.17, 15) is 9.59 Å². The number of carbonyl (C=O) groups is 2. The van der Waals surface area contributed by atoms with Crippen LogP contribution in [-0.2, 0) is 19.1 Å². The summed E-state index contributed by atoms with van der Waals surface area (Å²) in [6, 6.07) is 0. The molecular formula is C11H20N2O4. The third kappa shape index (κ3) is 4.70. The van der Waals surface area contributed by atoms with Crippen LogP contribution >= 0.6 is 0 Å². The van der Waals surface area contributed by atoms with E-state index in [1.165, 1.54) is 0 Å². The third-order valence-electron chi connectivity index (χ3n) is 2.67. The summed E-state index contributed by atoms with van der Waals surface area (Å²) in [6.07, 6.45) is 0.637. The molecule has 0 aromatic carbocycles. The molecule has 0 aromatic rings. The van der Waals surface area contributed by atoms with Crippen molar-refractivity contribution in [1.82, 2.24) is 10.6 Å². The molecule has 0 radical (unpaired) electrons. The fourth-order valence-electron chi connectivity index (χ4n) is 1.59. The van der Waals surface area contributed by atoms with E-state index in [0.717, 1.165) is 0 Å². The zero-order valence-electron chi connectivity index (χ0n) is 10.3. The van der Waals surface area contributed by atoms with Gasteiger partial charge < -0.3 is 20.1 Å². The first-order chi connectivity index (χ1) is 8.20. The summed E-state index contributed by atoms with van der Waals surface area (Å²) in [5, 5.41) is 5.46. The number of nitrogens with one attached hydrogen (secondary N) is 2. The second-order valence-electron chi connectivity index (χ2n) is 4.02. The molecule has 2 amide bonds. The third-order valence-corrected chi connectivity index (χ3v) is 2.67. The molecule has 1 aliphatic carbocycles. The van der Waals surface area contributed by atoms with Gasteiger partial charge in [0.15, 0.2) is 0 Å². The number of methoxy groups -OCH3 is 2. The predicted octanol–water partition coefficient (Wildman–Crippen LogP) is -0.852. The van der Waals surface area contributed by atoms with E-state index < -0.39 is 0 Å². The monoisotopic (exact) mass is 244 g/mol. The molecule has 17 heavy (non-hydrogen) atoms. The molecule has 98 valence electrons. The summed E-state index contributed by atoms with van der Waals surface area (Å²) in [6.45, 7) is 1.96. The van der Waals surface area contributed by atoms with Crippen molar-refractivity contribution in [1.29, 1.82) is 0 Å². The molecule has 0 aromatic heterocycles. The molecule has 0 spiro atoms. The number of rotatable bonds is 8. The van der Waals surface area contributed by atoms with Gasteiger partial charge in [0.2, 0.25) is 11.8 Å². The molecule has 6 heteroatoms. The molecule has 0 heterocycles. The van der Waals surface area contributed by atoms with Gasteiger partial charge in [-0.05, 0) is 6.42 Å². The molecule has 1 aliphatic rings. The van der Waals surface area contributed by atoms with Gasteiger partial charge >= 0.3 is 0 Å². The Morgan fingerprint density at radius 3 is 1.76 bits per heavy atom. The van der Waals surface area contributed by atoms with E-state index in [4.69, 9.17) is 9.47 Å². The molecule has 2 unspecified atom stereocenters. The van der Waals surface area contributed by atoms with Crippen LogP contribution in [0.1, 0.15) is 6.42 Å². The molecule has 2 N–H and O–H groups in total. The smallest absolute Gasteiger partial charge is 0.224 e. The number of ether oxygens (including phenoxy) is 2. The van der Waals surface area contributed by atoms with Crippen LogP contribution in [0.4, 0.5) is 0 Å². The Balaban J connectivity index is 2.14. The maximum absolute atomic E-state index is 11.6. The Morgan fingerprint density at radius 1 is 1.00 bits per heavy atom. The number of carbonyl (C=O) groups excluding carboxylic acids is 2. The fourth-order valence-corrected chi connectivity index (χ4v) is 1.59. The van der Waals surface area contributed by atoms with Crippen molar-refractivity contribution in [3.05, 3.63) is 0 Å². The Morgan fingerprint density at radius 2 is 1.41 bits per heavy atom. The van der Waals surface area contributed by atoms with Crippen molar-refractivity contribution in [2.24, 2.45) is 11.8 Å². The second kappa shape index (κ2) is 7.24. The highest BCUT2D eigenvalue weighted by atomic mass is 16.5. The summed E-state index contributed by atoms with van der Waals surface area (Å²) in [5.41, 5.74) is 0. The lowest BCUT2D eigenvalue weighted by Crippen LogP contribution is -2.32. The molecule has 1 saturated carbocycles. The standard InChI is InChI=1S/C11H20N2O4/c1-16-5-3-12-10(14)8-7-9(8)11(15)13-4-6-17-2/h8-9H,3-7H2,1-2H3,(H,12,14)(H,13,15). The number of hydrogen-bond donors (Lipinski definition) is 2. The summed E-state index contributed by atoms with van der Waals surface area (Å²) in [4.78, 5) is 23.1. The van der Waals surface area contributed by atoms with Gasteiger partial charge in [-0.15, -0.1) is 0 Å². The van der Waals surface area contributed by atoms with Crippen LogP contribution in [0.2, 0.25) is 0 Å². The molecule has 0 saturated heterocycles. The van der Waals surface area contributed by atoms with Crippen molar-refractivity contribution in [2.75, 3.05) is 40.5 Å². The first-order valence-corrected chi connectivity index (χ1v) is 5.74. The van der Waals surface area contributed by atoms with Crippen LogP contribution < -0.4 is 10.6 Å². The quantitative estimate of drug-likeness (QED) is 0.545. The Labute approximate surface area is 101 Å². The molecule has 6 nitrogen and oxygen atoms in total. The average Bonchev–Trinajstić information content (AvgIpc) is 3.09.